The third-order valence-corrected chi connectivity index (χ3v) is 9.26. The monoisotopic (exact) mass is 658 g/mol. The van der Waals surface area contributed by atoms with Crippen molar-refractivity contribution in [1.82, 2.24) is 19.7 Å². The molecule has 0 bridgehead atoms. The zero-order chi connectivity index (χ0) is 33.5. The number of hydrogen-bond donors (Lipinski definition) is 2. The molecule has 9 heteroatoms. The Balaban J connectivity index is 0.000000807. The highest BCUT2D eigenvalue weighted by Crippen LogP contribution is 2.44. The number of rotatable bonds is 9. The number of ether oxygens (including phenoxy) is 2. The van der Waals surface area contributed by atoms with Gasteiger partial charge in [-0.05, 0) is 75.2 Å². The van der Waals surface area contributed by atoms with Crippen LogP contribution in [0.1, 0.15) is 80.0 Å². The van der Waals surface area contributed by atoms with Gasteiger partial charge >= 0.3 is 5.97 Å². The number of aromatic nitrogens is 3. The van der Waals surface area contributed by atoms with Crippen LogP contribution in [0, 0.1) is 6.92 Å². The van der Waals surface area contributed by atoms with E-state index in [0.29, 0.717) is 43.3 Å². The number of halogens is 1. The van der Waals surface area contributed by atoms with Crippen molar-refractivity contribution < 1.29 is 19.4 Å². The molecular weight excluding hydrogens is 612 g/mol. The molecule has 250 valence electrons. The minimum Gasteiger partial charge on any atom is -0.493 e. The second-order valence-electron chi connectivity index (χ2n) is 11.9. The van der Waals surface area contributed by atoms with E-state index in [0.717, 1.165) is 87.9 Å². The van der Waals surface area contributed by atoms with Gasteiger partial charge in [0, 0.05) is 47.8 Å². The average Bonchev–Trinajstić information content (AvgIpc) is 3.53. The van der Waals surface area contributed by atoms with Crippen molar-refractivity contribution >= 4 is 39.2 Å². The van der Waals surface area contributed by atoms with Crippen LogP contribution in [-0.2, 0) is 24.8 Å². The molecule has 3 aromatic carbocycles. The topological polar surface area (TPSA) is 90.5 Å². The van der Waals surface area contributed by atoms with Crippen LogP contribution < -0.4 is 10.1 Å². The third kappa shape index (κ3) is 7.20. The normalized spacial score (nSPS) is 14.7. The summed E-state index contributed by atoms with van der Waals surface area (Å²) in [6.45, 7) is 12.1. The number of benzene rings is 3. The quantitative estimate of drug-likeness (QED) is 0.154. The van der Waals surface area contributed by atoms with Crippen molar-refractivity contribution in [2.24, 2.45) is 7.05 Å². The smallest absolute Gasteiger partial charge is 0.352 e. The van der Waals surface area contributed by atoms with Gasteiger partial charge < -0.3 is 24.5 Å². The highest BCUT2D eigenvalue weighted by Gasteiger charge is 2.30. The summed E-state index contributed by atoms with van der Waals surface area (Å²) in [7, 11) is 1.93. The van der Waals surface area contributed by atoms with E-state index >= 15 is 0 Å². The fraction of sp³-hybridized carbons (Fsp3) is 0.421. The van der Waals surface area contributed by atoms with Gasteiger partial charge in [-0.3, -0.25) is 4.68 Å². The summed E-state index contributed by atoms with van der Waals surface area (Å²) in [5, 5.41) is 22.2. The number of nitrogens with one attached hydrogen (secondary N) is 1. The van der Waals surface area contributed by atoms with E-state index in [1.54, 1.807) is 0 Å². The molecule has 2 aromatic heterocycles. The van der Waals surface area contributed by atoms with Crippen LogP contribution in [0.15, 0.2) is 54.6 Å². The lowest BCUT2D eigenvalue weighted by atomic mass is 9.96. The fourth-order valence-corrected chi connectivity index (χ4v) is 6.86. The molecule has 2 N–H and O–H groups in total. The van der Waals surface area contributed by atoms with Crippen molar-refractivity contribution in [3.8, 4) is 16.9 Å². The molecule has 47 heavy (non-hydrogen) atoms. The summed E-state index contributed by atoms with van der Waals surface area (Å²) in [4.78, 5) is 12.9. The number of fused-ring (bicyclic) bond motifs is 3. The van der Waals surface area contributed by atoms with Gasteiger partial charge in [0.25, 0.3) is 0 Å². The molecule has 0 saturated carbocycles. The summed E-state index contributed by atoms with van der Waals surface area (Å²) in [6.07, 6.45) is 3.46. The van der Waals surface area contributed by atoms with E-state index in [4.69, 9.17) is 26.2 Å². The molecule has 0 amide bonds. The Kier molecular flexibility index (Phi) is 11.6. The SMILES string of the molecule is CCC1OCCCCn2c(C(=O)O)c(CCCOc3cccc4ccccc34)c3ccc(Cl)c(c32)-c2c1nn(C)c2C.CCNCC. The number of aromatic carboxylic acids is 1. The Morgan fingerprint density at radius 2 is 1.81 bits per heavy atom. The molecule has 1 unspecified atom stereocenters. The van der Waals surface area contributed by atoms with Gasteiger partial charge in [0.15, 0.2) is 0 Å². The van der Waals surface area contributed by atoms with Gasteiger partial charge in [-0.25, -0.2) is 4.79 Å². The molecule has 3 heterocycles. The minimum absolute atomic E-state index is 0.169. The lowest BCUT2D eigenvalue weighted by Gasteiger charge is -2.17. The van der Waals surface area contributed by atoms with Gasteiger partial charge in [-0.1, -0.05) is 74.8 Å². The van der Waals surface area contributed by atoms with Gasteiger partial charge in [-0.2, -0.15) is 5.10 Å². The molecule has 0 saturated heterocycles. The van der Waals surface area contributed by atoms with E-state index in [1.165, 1.54) is 0 Å². The van der Waals surface area contributed by atoms with Gasteiger partial charge in [0.1, 0.15) is 17.5 Å². The molecule has 5 aromatic rings. The third-order valence-electron chi connectivity index (χ3n) is 8.94. The van der Waals surface area contributed by atoms with Crippen molar-refractivity contribution in [3.63, 3.8) is 0 Å². The number of aryl methyl sites for hydroxylation is 3. The maximum Gasteiger partial charge on any atom is 0.352 e. The van der Waals surface area contributed by atoms with Crippen LogP contribution in [-0.4, -0.2) is 51.7 Å². The predicted octanol–water partition coefficient (Wildman–Crippen LogP) is 8.74. The van der Waals surface area contributed by atoms with E-state index in [9.17, 15) is 9.90 Å². The molecule has 1 atom stereocenters. The highest BCUT2D eigenvalue weighted by atomic mass is 35.5. The molecular formula is C38H47ClN4O4. The Morgan fingerprint density at radius 3 is 2.53 bits per heavy atom. The maximum atomic E-state index is 12.9. The van der Waals surface area contributed by atoms with Crippen molar-refractivity contribution in [2.45, 2.75) is 72.4 Å². The van der Waals surface area contributed by atoms with Gasteiger partial charge in [0.2, 0.25) is 0 Å². The zero-order valence-corrected chi connectivity index (χ0v) is 29.0. The summed E-state index contributed by atoms with van der Waals surface area (Å²) in [5.74, 6) is -0.0938. The summed E-state index contributed by atoms with van der Waals surface area (Å²) in [6, 6.07) is 18.1. The largest absolute Gasteiger partial charge is 0.493 e. The highest BCUT2D eigenvalue weighted by molar-refractivity contribution is 6.35. The van der Waals surface area contributed by atoms with Crippen LogP contribution in [0.4, 0.5) is 0 Å². The van der Waals surface area contributed by atoms with E-state index in [1.807, 2.05) is 59.6 Å². The van der Waals surface area contributed by atoms with Crippen molar-refractivity contribution in [2.75, 3.05) is 26.3 Å². The van der Waals surface area contributed by atoms with Crippen molar-refractivity contribution in [1.29, 1.82) is 0 Å². The Hall–Kier alpha value is -3.85. The molecule has 0 aliphatic carbocycles. The number of carbonyl (C=O) groups is 1. The molecule has 1 aliphatic rings. The first-order valence-corrected chi connectivity index (χ1v) is 17.2. The van der Waals surface area contributed by atoms with Crippen LogP contribution in [0.3, 0.4) is 0 Å². The lowest BCUT2D eigenvalue weighted by molar-refractivity contribution is 0.0443. The van der Waals surface area contributed by atoms with Crippen LogP contribution in [0.5, 0.6) is 5.75 Å². The number of nitrogens with zero attached hydrogens (tertiary/aromatic N) is 3. The number of hydrogen-bond acceptors (Lipinski definition) is 5. The van der Waals surface area contributed by atoms with E-state index in [-0.39, 0.29) is 6.10 Å². The van der Waals surface area contributed by atoms with Crippen LogP contribution in [0.2, 0.25) is 5.02 Å². The standard InChI is InChI=1S/C34H36ClN3O4.C4H11N/c1-4-27-31-29(21(2)37(3)36-31)30-26(35)17-16-25-24(33(34(39)40)38(32(25)30)18-7-8-19-41-27)14-10-20-42-28-15-9-12-22-11-5-6-13-23(22)28;1-3-5-4-2/h5-6,9,11-13,15-17,27H,4,7-8,10,14,18-20H2,1-3H3,(H,39,40);5H,3-4H2,1-2H3. The number of carboxylic acid groups (broad SMARTS) is 1. The molecule has 8 nitrogen and oxygen atoms in total. The lowest BCUT2D eigenvalue weighted by Crippen LogP contribution is -2.12. The first kappa shape index (κ1) is 34.5. The van der Waals surface area contributed by atoms with Gasteiger partial charge in [-0.15, -0.1) is 0 Å². The molecule has 0 fully saturated rings. The van der Waals surface area contributed by atoms with Gasteiger partial charge in [0.05, 0.1) is 22.8 Å². The van der Waals surface area contributed by atoms with E-state index in [2.05, 4.69) is 44.3 Å². The molecule has 1 aliphatic heterocycles. The second kappa shape index (κ2) is 15.8. The van der Waals surface area contributed by atoms with Crippen LogP contribution in [0.25, 0.3) is 32.8 Å². The Bertz CT molecular complexity index is 1840. The zero-order valence-electron chi connectivity index (χ0n) is 28.2. The maximum absolute atomic E-state index is 12.9. The minimum atomic E-state index is -0.932. The first-order valence-electron chi connectivity index (χ1n) is 16.9. The summed E-state index contributed by atoms with van der Waals surface area (Å²) < 4.78 is 16.4. The second-order valence-corrected chi connectivity index (χ2v) is 12.3. The number of carboxylic acids is 1. The summed E-state index contributed by atoms with van der Waals surface area (Å²) in [5.41, 5.74) is 5.59. The molecule has 0 spiro atoms. The van der Waals surface area contributed by atoms with E-state index < -0.39 is 5.97 Å². The summed E-state index contributed by atoms with van der Waals surface area (Å²) >= 11 is 6.99. The molecule has 6 rings (SSSR count). The predicted molar refractivity (Wildman–Crippen MR) is 191 cm³/mol. The van der Waals surface area contributed by atoms with Crippen LogP contribution >= 0.6 is 11.6 Å². The Labute approximate surface area is 282 Å². The fourth-order valence-electron chi connectivity index (χ4n) is 6.61. The first-order chi connectivity index (χ1) is 22.8. The average molecular weight is 659 g/mol. The van der Waals surface area contributed by atoms with Crippen molar-refractivity contribution in [3.05, 3.63) is 82.3 Å². The Morgan fingerprint density at radius 1 is 1.04 bits per heavy atom. The molecule has 0 radical (unpaired) electrons.